The second-order valence-corrected chi connectivity index (χ2v) is 8.61. The quantitative estimate of drug-likeness (QED) is 0.679. The molecule has 0 unspecified atom stereocenters. The fourth-order valence-corrected chi connectivity index (χ4v) is 4.44. The highest BCUT2D eigenvalue weighted by Gasteiger charge is 2.30. The van der Waals surface area contributed by atoms with E-state index in [-0.39, 0.29) is 30.3 Å². The summed E-state index contributed by atoms with van der Waals surface area (Å²) in [6.07, 6.45) is 4.62. The van der Waals surface area contributed by atoms with Gasteiger partial charge in [0.15, 0.2) is 5.65 Å². The Morgan fingerprint density at radius 2 is 2.00 bits per heavy atom. The Morgan fingerprint density at radius 3 is 2.71 bits per heavy atom. The first-order chi connectivity index (χ1) is 14.9. The van der Waals surface area contributed by atoms with Gasteiger partial charge in [-0.15, -0.1) is 0 Å². The Morgan fingerprint density at radius 1 is 1.23 bits per heavy atom. The molecule has 0 saturated carbocycles. The SMILES string of the molecule is Cc1ccccc1-c1cc(C(=O)N2CCCC[C@H]2CC(N)=O)c2cnn(C(C)C)c2n1. The summed E-state index contributed by atoms with van der Waals surface area (Å²) in [5, 5.41) is 5.25. The largest absolute Gasteiger partial charge is 0.370 e. The van der Waals surface area contributed by atoms with Gasteiger partial charge in [0.1, 0.15) is 0 Å². The minimum absolute atomic E-state index is 0.0866. The molecule has 1 aromatic carbocycles. The molecule has 1 aliphatic rings. The first kappa shape index (κ1) is 21.0. The number of pyridine rings is 1. The van der Waals surface area contributed by atoms with E-state index >= 15 is 0 Å². The van der Waals surface area contributed by atoms with Crippen LogP contribution in [0.4, 0.5) is 0 Å². The maximum atomic E-state index is 13.8. The van der Waals surface area contributed by atoms with Gasteiger partial charge in [0.05, 0.1) is 22.8 Å². The highest BCUT2D eigenvalue weighted by Crippen LogP contribution is 2.30. The molecule has 31 heavy (non-hydrogen) atoms. The van der Waals surface area contributed by atoms with Gasteiger partial charge in [0, 0.05) is 30.6 Å². The monoisotopic (exact) mass is 419 g/mol. The second kappa shape index (κ2) is 8.49. The lowest BCUT2D eigenvalue weighted by Gasteiger charge is -2.35. The summed E-state index contributed by atoms with van der Waals surface area (Å²) in [6, 6.07) is 9.84. The number of primary amides is 1. The van der Waals surface area contributed by atoms with Gasteiger partial charge < -0.3 is 10.6 Å². The Bertz CT molecular complexity index is 1130. The fourth-order valence-electron chi connectivity index (χ4n) is 4.44. The van der Waals surface area contributed by atoms with Gasteiger partial charge in [-0.05, 0) is 51.7 Å². The van der Waals surface area contributed by atoms with E-state index in [0.717, 1.165) is 41.5 Å². The highest BCUT2D eigenvalue weighted by molar-refractivity contribution is 6.06. The van der Waals surface area contributed by atoms with Gasteiger partial charge in [-0.1, -0.05) is 24.3 Å². The molecule has 0 radical (unpaired) electrons. The predicted octanol–water partition coefficient (Wildman–Crippen LogP) is 3.86. The minimum atomic E-state index is -0.377. The molecule has 3 heterocycles. The average Bonchev–Trinajstić information content (AvgIpc) is 3.17. The lowest BCUT2D eigenvalue weighted by atomic mass is 9.96. The number of carbonyl (C=O) groups excluding carboxylic acids is 2. The van der Waals surface area contributed by atoms with Crippen molar-refractivity contribution in [3.05, 3.63) is 47.7 Å². The van der Waals surface area contributed by atoms with Crippen molar-refractivity contribution in [1.82, 2.24) is 19.7 Å². The van der Waals surface area contributed by atoms with Crippen LogP contribution >= 0.6 is 0 Å². The molecule has 1 atom stereocenters. The van der Waals surface area contributed by atoms with Crippen LogP contribution in [0.5, 0.6) is 0 Å². The number of hydrogen-bond acceptors (Lipinski definition) is 4. The zero-order valence-corrected chi connectivity index (χ0v) is 18.3. The molecule has 162 valence electrons. The predicted molar refractivity (Wildman–Crippen MR) is 121 cm³/mol. The maximum Gasteiger partial charge on any atom is 0.255 e. The lowest BCUT2D eigenvalue weighted by Crippen LogP contribution is -2.45. The molecule has 1 fully saturated rings. The van der Waals surface area contributed by atoms with Gasteiger partial charge >= 0.3 is 0 Å². The normalized spacial score (nSPS) is 16.8. The van der Waals surface area contributed by atoms with E-state index in [1.807, 2.05) is 60.7 Å². The number of rotatable bonds is 5. The summed E-state index contributed by atoms with van der Waals surface area (Å²) in [4.78, 5) is 32.1. The van der Waals surface area contributed by atoms with E-state index in [1.165, 1.54) is 0 Å². The molecule has 1 saturated heterocycles. The Kier molecular flexibility index (Phi) is 5.76. The Hall–Kier alpha value is -3.22. The number of aromatic nitrogens is 3. The van der Waals surface area contributed by atoms with Crippen molar-refractivity contribution in [2.24, 2.45) is 5.73 Å². The van der Waals surface area contributed by atoms with Crippen molar-refractivity contribution in [3.63, 3.8) is 0 Å². The molecule has 2 amide bonds. The summed E-state index contributed by atoms with van der Waals surface area (Å²) < 4.78 is 1.85. The van der Waals surface area contributed by atoms with E-state index in [1.54, 1.807) is 6.20 Å². The summed E-state index contributed by atoms with van der Waals surface area (Å²) in [7, 11) is 0. The van der Waals surface area contributed by atoms with Crippen LogP contribution in [-0.2, 0) is 4.79 Å². The van der Waals surface area contributed by atoms with Gasteiger partial charge in [0.25, 0.3) is 5.91 Å². The van der Waals surface area contributed by atoms with Crippen LogP contribution in [0.3, 0.4) is 0 Å². The Labute approximate surface area is 182 Å². The number of nitrogens with zero attached hydrogens (tertiary/aromatic N) is 4. The average molecular weight is 420 g/mol. The Balaban J connectivity index is 1.87. The van der Waals surface area contributed by atoms with E-state index in [4.69, 9.17) is 10.7 Å². The van der Waals surface area contributed by atoms with E-state index < -0.39 is 0 Å². The molecular formula is C24H29N5O2. The van der Waals surface area contributed by atoms with Crippen molar-refractivity contribution in [3.8, 4) is 11.3 Å². The zero-order chi connectivity index (χ0) is 22.1. The number of fused-ring (bicyclic) bond motifs is 1. The minimum Gasteiger partial charge on any atom is -0.370 e. The summed E-state index contributed by atoms with van der Waals surface area (Å²) >= 11 is 0. The molecular weight excluding hydrogens is 390 g/mol. The third-order valence-electron chi connectivity index (χ3n) is 6.03. The van der Waals surface area contributed by atoms with Crippen LogP contribution in [0.2, 0.25) is 0 Å². The number of benzene rings is 1. The molecule has 3 aromatic rings. The zero-order valence-electron chi connectivity index (χ0n) is 18.3. The topological polar surface area (TPSA) is 94.1 Å². The summed E-state index contributed by atoms with van der Waals surface area (Å²) in [5.74, 6) is -0.464. The number of likely N-dealkylation sites (tertiary alicyclic amines) is 1. The van der Waals surface area contributed by atoms with Crippen molar-refractivity contribution in [1.29, 1.82) is 0 Å². The smallest absolute Gasteiger partial charge is 0.255 e. The van der Waals surface area contributed by atoms with Crippen LogP contribution in [0.1, 0.15) is 61.5 Å². The number of hydrogen-bond donors (Lipinski definition) is 1. The van der Waals surface area contributed by atoms with E-state index in [9.17, 15) is 9.59 Å². The third kappa shape index (κ3) is 4.04. The van der Waals surface area contributed by atoms with Crippen molar-refractivity contribution in [2.45, 2.75) is 58.5 Å². The molecule has 1 aliphatic heterocycles. The molecule has 2 aromatic heterocycles. The molecule has 7 heteroatoms. The number of aryl methyl sites for hydroxylation is 1. The van der Waals surface area contributed by atoms with Crippen molar-refractivity contribution >= 4 is 22.8 Å². The van der Waals surface area contributed by atoms with E-state index in [2.05, 4.69) is 5.10 Å². The highest BCUT2D eigenvalue weighted by atomic mass is 16.2. The third-order valence-corrected chi connectivity index (χ3v) is 6.03. The summed E-state index contributed by atoms with van der Waals surface area (Å²) in [5.41, 5.74) is 9.57. The second-order valence-electron chi connectivity index (χ2n) is 8.61. The van der Waals surface area contributed by atoms with Gasteiger partial charge in [-0.2, -0.15) is 5.10 Å². The number of amides is 2. The fraction of sp³-hybridized carbons (Fsp3) is 0.417. The molecule has 4 rings (SSSR count). The van der Waals surface area contributed by atoms with Crippen LogP contribution in [0.15, 0.2) is 36.5 Å². The molecule has 0 aliphatic carbocycles. The first-order valence-electron chi connectivity index (χ1n) is 10.9. The number of carbonyl (C=O) groups is 2. The van der Waals surface area contributed by atoms with Crippen LogP contribution < -0.4 is 5.73 Å². The number of nitrogens with two attached hydrogens (primary N) is 1. The van der Waals surface area contributed by atoms with E-state index in [0.29, 0.717) is 17.8 Å². The molecule has 2 N–H and O–H groups in total. The molecule has 0 bridgehead atoms. The van der Waals surface area contributed by atoms with Gasteiger partial charge in [0.2, 0.25) is 5.91 Å². The number of piperidine rings is 1. The molecule has 7 nitrogen and oxygen atoms in total. The van der Waals surface area contributed by atoms with Crippen molar-refractivity contribution < 1.29 is 9.59 Å². The maximum absolute atomic E-state index is 13.8. The van der Waals surface area contributed by atoms with Crippen LogP contribution in [-0.4, -0.2) is 44.1 Å². The first-order valence-corrected chi connectivity index (χ1v) is 10.9. The van der Waals surface area contributed by atoms with Gasteiger partial charge in [-0.25, -0.2) is 9.67 Å². The molecule has 0 spiro atoms. The van der Waals surface area contributed by atoms with Crippen LogP contribution in [0, 0.1) is 6.92 Å². The van der Waals surface area contributed by atoms with Gasteiger partial charge in [-0.3, -0.25) is 9.59 Å². The standard InChI is InChI=1S/C24H29N5O2/c1-15(2)29-23-20(14-26-29)19(13-21(27-23)18-10-5-4-8-16(18)3)24(31)28-11-7-6-9-17(28)12-22(25)30/h4-5,8,10,13-15,17H,6-7,9,11-12H2,1-3H3,(H2,25,30)/t17-/m0/s1. The van der Waals surface area contributed by atoms with Crippen molar-refractivity contribution in [2.75, 3.05) is 6.54 Å². The van der Waals surface area contributed by atoms with Crippen LogP contribution in [0.25, 0.3) is 22.3 Å². The summed E-state index contributed by atoms with van der Waals surface area (Å²) in [6.45, 7) is 6.75. The lowest BCUT2D eigenvalue weighted by molar-refractivity contribution is -0.119.